The third-order valence-corrected chi connectivity index (χ3v) is 8.68. The van der Waals surface area contributed by atoms with Crippen molar-refractivity contribution < 1.29 is 16.8 Å². The Labute approximate surface area is 184 Å². The molecule has 1 saturated heterocycles. The fourth-order valence-electron chi connectivity index (χ4n) is 3.27. The lowest BCUT2D eigenvalue weighted by Crippen LogP contribution is -2.47. The third-order valence-electron chi connectivity index (χ3n) is 5.19. The van der Waals surface area contributed by atoms with E-state index in [1.807, 2.05) is 20.0 Å². The van der Waals surface area contributed by atoms with Crippen LogP contribution in [0.2, 0.25) is 0 Å². The van der Waals surface area contributed by atoms with Gasteiger partial charge in [0, 0.05) is 45.5 Å². The van der Waals surface area contributed by atoms with Gasteiger partial charge in [0.2, 0.25) is 20.0 Å². The zero-order chi connectivity index (χ0) is 22.6. The minimum atomic E-state index is -3.61. The Morgan fingerprint density at radius 3 is 2.32 bits per heavy atom. The maximum absolute atomic E-state index is 12.7. The van der Waals surface area contributed by atoms with Crippen molar-refractivity contribution in [3.63, 3.8) is 0 Å². The molecule has 3 rings (SSSR count). The van der Waals surface area contributed by atoms with Gasteiger partial charge in [-0.2, -0.15) is 4.31 Å². The van der Waals surface area contributed by atoms with Crippen molar-refractivity contribution in [2.75, 3.05) is 51.6 Å². The van der Waals surface area contributed by atoms with Crippen LogP contribution in [0.15, 0.2) is 46.3 Å². The molecule has 170 valence electrons. The first-order chi connectivity index (χ1) is 14.6. The summed E-state index contributed by atoms with van der Waals surface area (Å²) >= 11 is 0. The van der Waals surface area contributed by atoms with Crippen molar-refractivity contribution in [3.05, 3.63) is 47.7 Å². The van der Waals surface area contributed by atoms with Gasteiger partial charge in [-0.25, -0.2) is 26.5 Å². The van der Waals surface area contributed by atoms with Crippen LogP contribution in [0.5, 0.6) is 0 Å². The highest BCUT2D eigenvalue weighted by molar-refractivity contribution is 7.89. The molecule has 0 atom stereocenters. The normalized spacial score (nSPS) is 16.4. The van der Waals surface area contributed by atoms with Gasteiger partial charge in [-0.15, -0.1) is 0 Å². The van der Waals surface area contributed by atoms with Gasteiger partial charge in [-0.3, -0.25) is 0 Å². The summed E-state index contributed by atoms with van der Waals surface area (Å²) in [5, 5.41) is 3.01. The van der Waals surface area contributed by atoms with E-state index in [0.29, 0.717) is 44.1 Å². The fraction of sp³-hybridized carbons (Fsp3) is 0.450. The number of hydrogen-bond acceptors (Lipinski definition) is 7. The van der Waals surface area contributed by atoms with Crippen molar-refractivity contribution in [1.29, 1.82) is 0 Å². The van der Waals surface area contributed by atoms with Crippen LogP contribution in [-0.4, -0.2) is 77.3 Å². The molecule has 0 radical (unpaired) electrons. The second kappa shape index (κ2) is 9.61. The number of aryl methyl sites for hydroxylation is 2. The third kappa shape index (κ3) is 5.80. The van der Waals surface area contributed by atoms with Gasteiger partial charge in [0.1, 0.15) is 10.7 Å². The largest absolute Gasteiger partial charge is 0.369 e. The fourth-order valence-corrected chi connectivity index (χ4v) is 5.99. The lowest BCUT2D eigenvalue weighted by atomic mass is 10.2. The van der Waals surface area contributed by atoms with E-state index in [0.717, 1.165) is 5.56 Å². The molecule has 11 heteroatoms. The Balaban J connectivity index is 1.54. The Bertz CT molecular complexity index is 1110. The highest BCUT2D eigenvalue weighted by Gasteiger charge is 2.27. The number of sulfonamides is 2. The average Bonchev–Trinajstić information content (AvgIpc) is 2.73. The molecular weight excluding hydrogens is 438 g/mol. The van der Waals surface area contributed by atoms with Crippen molar-refractivity contribution in [2.24, 2.45) is 0 Å². The molecule has 2 heterocycles. The van der Waals surface area contributed by atoms with E-state index in [-0.39, 0.29) is 16.3 Å². The van der Waals surface area contributed by atoms with Gasteiger partial charge in [0.05, 0.1) is 4.90 Å². The predicted octanol–water partition coefficient (Wildman–Crippen LogP) is 1.02. The molecule has 0 saturated carbocycles. The summed E-state index contributed by atoms with van der Waals surface area (Å²) in [6, 6.07) is 8.40. The molecule has 1 aromatic heterocycles. The Hall–Kier alpha value is -2.05. The van der Waals surface area contributed by atoms with Gasteiger partial charge in [0.25, 0.3) is 0 Å². The number of anilines is 1. The van der Waals surface area contributed by atoms with E-state index in [9.17, 15) is 16.8 Å². The highest BCUT2D eigenvalue weighted by Crippen LogP contribution is 2.18. The molecule has 0 aliphatic carbocycles. The van der Waals surface area contributed by atoms with Crippen LogP contribution in [0, 0.1) is 13.8 Å². The smallest absolute Gasteiger partial charge is 0.244 e. The quantitative estimate of drug-likeness (QED) is 0.558. The molecule has 0 amide bonds. The monoisotopic (exact) mass is 467 g/mol. The van der Waals surface area contributed by atoms with E-state index >= 15 is 0 Å². The molecule has 1 fully saturated rings. The molecule has 31 heavy (non-hydrogen) atoms. The topological polar surface area (TPSA) is 112 Å². The van der Waals surface area contributed by atoms with E-state index in [1.54, 1.807) is 25.1 Å². The van der Waals surface area contributed by atoms with E-state index in [2.05, 4.69) is 19.9 Å². The molecule has 0 spiro atoms. The summed E-state index contributed by atoms with van der Waals surface area (Å²) in [5.74, 6) is 0.475. The second-order valence-electron chi connectivity index (χ2n) is 7.68. The molecule has 0 unspecified atom stereocenters. The number of nitrogens with one attached hydrogen (secondary N) is 2. The van der Waals surface area contributed by atoms with Gasteiger partial charge in [0.15, 0.2) is 0 Å². The molecule has 1 aliphatic heterocycles. The summed E-state index contributed by atoms with van der Waals surface area (Å²) in [6.07, 6.45) is 1.33. The summed E-state index contributed by atoms with van der Waals surface area (Å²) in [5.41, 5.74) is 1.56. The standard InChI is InChI=1S/C20H29N5O4S2/c1-16-4-5-17(2)19(14-16)30(26,27)23-9-8-21-20-7-6-18(15-22-20)31(28,29)25-12-10-24(3)11-13-25/h4-7,14-15,23H,8-13H2,1-3H3,(H,21,22). The number of benzene rings is 1. The van der Waals surface area contributed by atoms with Gasteiger partial charge in [-0.1, -0.05) is 12.1 Å². The second-order valence-corrected chi connectivity index (χ2v) is 11.4. The first-order valence-electron chi connectivity index (χ1n) is 10.1. The van der Waals surface area contributed by atoms with Crippen molar-refractivity contribution in [2.45, 2.75) is 23.6 Å². The SMILES string of the molecule is Cc1ccc(C)c(S(=O)(=O)NCCNc2ccc(S(=O)(=O)N3CCN(C)CC3)cn2)c1. The zero-order valence-electron chi connectivity index (χ0n) is 18.0. The Morgan fingerprint density at radius 1 is 0.968 bits per heavy atom. The first-order valence-corrected chi connectivity index (χ1v) is 13.0. The van der Waals surface area contributed by atoms with Crippen molar-refractivity contribution in [1.82, 2.24) is 18.9 Å². The minimum absolute atomic E-state index is 0.151. The number of nitrogens with zero attached hydrogens (tertiary/aromatic N) is 3. The maximum Gasteiger partial charge on any atom is 0.244 e. The van der Waals surface area contributed by atoms with Crippen LogP contribution < -0.4 is 10.0 Å². The van der Waals surface area contributed by atoms with E-state index in [4.69, 9.17) is 0 Å². The summed E-state index contributed by atoms with van der Waals surface area (Å²) in [7, 11) is -5.20. The zero-order valence-corrected chi connectivity index (χ0v) is 19.6. The van der Waals surface area contributed by atoms with Crippen LogP contribution in [0.3, 0.4) is 0 Å². The minimum Gasteiger partial charge on any atom is -0.369 e. The molecule has 9 nitrogen and oxygen atoms in total. The molecule has 0 bridgehead atoms. The molecule has 1 aromatic carbocycles. The highest BCUT2D eigenvalue weighted by atomic mass is 32.2. The molecular formula is C20H29N5O4S2. The lowest BCUT2D eigenvalue weighted by Gasteiger charge is -2.31. The predicted molar refractivity (Wildman–Crippen MR) is 120 cm³/mol. The molecule has 2 N–H and O–H groups in total. The summed E-state index contributed by atoms with van der Waals surface area (Å²) in [4.78, 5) is 6.68. The van der Waals surface area contributed by atoms with Gasteiger partial charge < -0.3 is 10.2 Å². The number of hydrogen-bond donors (Lipinski definition) is 2. The van der Waals surface area contributed by atoms with Crippen LogP contribution in [0.4, 0.5) is 5.82 Å². The lowest BCUT2D eigenvalue weighted by molar-refractivity contribution is 0.222. The number of rotatable bonds is 8. The molecule has 2 aromatic rings. The number of aromatic nitrogens is 1. The van der Waals surface area contributed by atoms with Crippen molar-refractivity contribution in [3.8, 4) is 0 Å². The number of piperazine rings is 1. The Kier molecular flexibility index (Phi) is 7.32. The first kappa shape index (κ1) is 23.6. The van der Waals surface area contributed by atoms with Gasteiger partial charge in [-0.05, 0) is 50.2 Å². The van der Waals surface area contributed by atoms with Crippen LogP contribution in [0.1, 0.15) is 11.1 Å². The number of pyridine rings is 1. The van der Waals surface area contributed by atoms with Gasteiger partial charge >= 0.3 is 0 Å². The van der Waals surface area contributed by atoms with Crippen LogP contribution >= 0.6 is 0 Å². The number of likely N-dealkylation sites (N-methyl/N-ethyl adjacent to an activating group) is 1. The van der Waals surface area contributed by atoms with Crippen LogP contribution in [0.25, 0.3) is 0 Å². The van der Waals surface area contributed by atoms with E-state index in [1.165, 1.54) is 16.6 Å². The maximum atomic E-state index is 12.7. The molecule has 1 aliphatic rings. The van der Waals surface area contributed by atoms with E-state index < -0.39 is 20.0 Å². The summed E-state index contributed by atoms with van der Waals surface area (Å²) in [6.45, 7) is 6.39. The Morgan fingerprint density at radius 2 is 1.68 bits per heavy atom. The van der Waals surface area contributed by atoms with Crippen molar-refractivity contribution >= 4 is 25.9 Å². The summed E-state index contributed by atoms with van der Waals surface area (Å²) < 4.78 is 54.5. The van der Waals surface area contributed by atoms with Crippen LogP contribution in [-0.2, 0) is 20.0 Å². The average molecular weight is 468 g/mol.